The molecule has 0 bridgehead atoms. The molecule has 29 heavy (non-hydrogen) atoms. The first-order chi connectivity index (χ1) is 13.9. The topological polar surface area (TPSA) is 81.0 Å². The summed E-state index contributed by atoms with van der Waals surface area (Å²) in [6.45, 7) is 4.12. The predicted molar refractivity (Wildman–Crippen MR) is 112 cm³/mol. The summed E-state index contributed by atoms with van der Waals surface area (Å²) >= 11 is 0. The number of hydrogen-bond acceptors (Lipinski definition) is 4. The molecule has 4 rings (SSSR count). The van der Waals surface area contributed by atoms with Crippen molar-refractivity contribution in [1.82, 2.24) is 4.90 Å². The van der Waals surface area contributed by atoms with Gasteiger partial charge in [-0.05, 0) is 62.7 Å². The summed E-state index contributed by atoms with van der Waals surface area (Å²) < 4.78 is 0. The standard InChI is InChI=1S/C24H39NO4/c1-3-15(2)21(26)11-10-18-19-13-17-9-6-12-24(23(28)29,16-7-4-5-8-16)25(17)20(19)14-22(18)27/h10-11,15-22,26-27H,3-9,12-14H2,1-2H3,(H,28,29)/b11-10+/t15?,17?,18-,19-,20-,21+,22-,24?/m1/s1. The van der Waals surface area contributed by atoms with Crippen molar-refractivity contribution in [2.45, 2.75) is 108 Å². The van der Waals surface area contributed by atoms with Crippen LogP contribution in [0.4, 0.5) is 0 Å². The summed E-state index contributed by atoms with van der Waals surface area (Å²) in [5.41, 5.74) is -0.729. The smallest absolute Gasteiger partial charge is 0.324 e. The van der Waals surface area contributed by atoms with Crippen LogP contribution in [0.15, 0.2) is 12.2 Å². The van der Waals surface area contributed by atoms with Crippen molar-refractivity contribution in [3.63, 3.8) is 0 Å². The van der Waals surface area contributed by atoms with E-state index >= 15 is 0 Å². The van der Waals surface area contributed by atoms with Crippen molar-refractivity contribution in [3.05, 3.63) is 12.2 Å². The monoisotopic (exact) mass is 405 g/mol. The number of aliphatic hydroxyl groups is 2. The summed E-state index contributed by atoms with van der Waals surface area (Å²) in [4.78, 5) is 15.1. The van der Waals surface area contributed by atoms with Crippen LogP contribution in [0.25, 0.3) is 0 Å². The van der Waals surface area contributed by atoms with Gasteiger partial charge in [-0.15, -0.1) is 0 Å². The van der Waals surface area contributed by atoms with Crippen molar-refractivity contribution < 1.29 is 20.1 Å². The van der Waals surface area contributed by atoms with Crippen LogP contribution in [-0.2, 0) is 4.79 Å². The molecule has 3 N–H and O–H groups in total. The Hall–Kier alpha value is -0.910. The summed E-state index contributed by atoms with van der Waals surface area (Å²) in [5, 5.41) is 31.7. The minimum atomic E-state index is -0.729. The molecule has 2 saturated carbocycles. The zero-order valence-corrected chi connectivity index (χ0v) is 18.0. The van der Waals surface area contributed by atoms with Crippen LogP contribution in [0, 0.1) is 23.7 Å². The van der Waals surface area contributed by atoms with Gasteiger partial charge in [-0.3, -0.25) is 9.69 Å². The molecule has 5 nitrogen and oxygen atoms in total. The summed E-state index contributed by atoms with van der Waals surface area (Å²) in [7, 11) is 0. The van der Waals surface area contributed by atoms with Gasteiger partial charge in [0, 0.05) is 18.0 Å². The van der Waals surface area contributed by atoms with Crippen LogP contribution in [0.1, 0.15) is 78.1 Å². The molecule has 0 amide bonds. The van der Waals surface area contributed by atoms with Crippen LogP contribution in [0.5, 0.6) is 0 Å². The number of carbonyl (C=O) groups is 1. The highest BCUT2D eigenvalue weighted by atomic mass is 16.4. The summed E-state index contributed by atoms with van der Waals surface area (Å²) in [5.74, 6) is 0.154. The van der Waals surface area contributed by atoms with E-state index in [1.165, 1.54) is 0 Å². The maximum absolute atomic E-state index is 12.7. The predicted octanol–water partition coefficient (Wildman–Crippen LogP) is 3.59. The molecule has 5 heteroatoms. The maximum atomic E-state index is 12.7. The molecule has 2 heterocycles. The number of aliphatic hydroxyl groups excluding tert-OH is 2. The van der Waals surface area contributed by atoms with Crippen molar-refractivity contribution in [3.8, 4) is 0 Å². The summed E-state index contributed by atoms with van der Waals surface area (Å²) in [6, 6.07) is 0.487. The Labute approximate surface area is 175 Å². The van der Waals surface area contributed by atoms with E-state index in [1.807, 2.05) is 19.1 Å². The van der Waals surface area contributed by atoms with Crippen LogP contribution < -0.4 is 0 Å². The summed E-state index contributed by atoms with van der Waals surface area (Å²) in [6.07, 6.45) is 12.8. The first-order valence-corrected chi connectivity index (χ1v) is 12.0. The van der Waals surface area contributed by atoms with Crippen LogP contribution >= 0.6 is 0 Å². The lowest BCUT2D eigenvalue weighted by atomic mass is 9.73. The molecular weight excluding hydrogens is 366 g/mol. The van der Waals surface area contributed by atoms with E-state index < -0.39 is 23.7 Å². The maximum Gasteiger partial charge on any atom is 0.324 e. The van der Waals surface area contributed by atoms with Gasteiger partial charge in [0.15, 0.2) is 0 Å². The Morgan fingerprint density at radius 1 is 1.21 bits per heavy atom. The normalized spacial score (nSPS) is 42.8. The molecule has 4 aliphatic rings. The van der Waals surface area contributed by atoms with Crippen molar-refractivity contribution >= 4 is 5.97 Å². The SMILES string of the molecule is CCC(C)[C@@H](O)/C=C/[C@@H]1[C@H]2CC3CCCC(C(=O)O)(C4CCCC4)N3[C@@H]2C[C@H]1O. The highest BCUT2D eigenvalue weighted by molar-refractivity contribution is 5.80. The van der Waals surface area contributed by atoms with Gasteiger partial charge in [0.2, 0.25) is 0 Å². The molecule has 0 aromatic heterocycles. The van der Waals surface area contributed by atoms with Crippen LogP contribution in [-0.4, -0.2) is 56.0 Å². The van der Waals surface area contributed by atoms with Gasteiger partial charge in [-0.1, -0.05) is 45.3 Å². The van der Waals surface area contributed by atoms with Crippen LogP contribution in [0.3, 0.4) is 0 Å². The van der Waals surface area contributed by atoms with E-state index in [2.05, 4.69) is 11.8 Å². The van der Waals surface area contributed by atoms with Crippen molar-refractivity contribution in [2.24, 2.45) is 23.7 Å². The van der Waals surface area contributed by atoms with Crippen molar-refractivity contribution in [2.75, 3.05) is 0 Å². The molecule has 0 aromatic rings. The zero-order chi connectivity index (χ0) is 20.8. The van der Waals surface area contributed by atoms with Gasteiger partial charge < -0.3 is 15.3 Å². The van der Waals surface area contributed by atoms with E-state index in [0.29, 0.717) is 18.4 Å². The minimum Gasteiger partial charge on any atom is -0.480 e. The lowest BCUT2D eigenvalue weighted by molar-refractivity contribution is -0.164. The fourth-order valence-corrected chi connectivity index (χ4v) is 7.22. The number of nitrogens with zero attached hydrogens (tertiary/aromatic N) is 1. The molecule has 164 valence electrons. The van der Waals surface area contributed by atoms with Gasteiger partial charge in [0.1, 0.15) is 5.54 Å². The number of carboxylic acids is 1. The van der Waals surface area contributed by atoms with Gasteiger partial charge in [-0.2, -0.15) is 0 Å². The molecule has 0 radical (unpaired) electrons. The third-order valence-electron chi connectivity index (χ3n) is 8.93. The quantitative estimate of drug-likeness (QED) is 0.589. The number of fused-ring (bicyclic) bond motifs is 3. The number of piperidine rings is 1. The highest BCUT2D eigenvalue weighted by Gasteiger charge is 2.63. The van der Waals surface area contributed by atoms with Crippen molar-refractivity contribution in [1.29, 1.82) is 0 Å². The number of hydrogen-bond donors (Lipinski definition) is 3. The lowest BCUT2D eigenvalue weighted by Crippen LogP contribution is -2.65. The average Bonchev–Trinajstić information content (AvgIpc) is 3.41. The minimum absolute atomic E-state index is 0.0272. The molecule has 4 fully saturated rings. The molecule has 0 aromatic carbocycles. The van der Waals surface area contributed by atoms with Gasteiger partial charge in [0.25, 0.3) is 0 Å². The molecule has 2 saturated heterocycles. The Balaban J connectivity index is 1.60. The Morgan fingerprint density at radius 2 is 1.93 bits per heavy atom. The second kappa shape index (κ2) is 8.32. The van der Waals surface area contributed by atoms with E-state index in [1.54, 1.807) is 0 Å². The largest absolute Gasteiger partial charge is 0.480 e. The average molecular weight is 406 g/mol. The third-order valence-corrected chi connectivity index (χ3v) is 8.93. The number of carboxylic acid groups (broad SMARTS) is 1. The fraction of sp³-hybridized carbons (Fsp3) is 0.875. The second-order valence-corrected chi connectivity index (χ2v) is 10.3. The fourth-order valence-electron chi connectivity index (χ4n) is 7.22. The van der Waals surface area contributed by atoms with Gasteiger partial charge >= 0.3 is 5.97 Å². The molecular formula is C24H39NO4. The molecule has 2 aliphatic carbocycles. The first kappa shape index (κ1) is 21.3. The lowest BCUT2D eigenvalue weighted by Gasteiger charge is -2.51. The Kier molecular flexibility index (Phi) is 6.12. The molecule has 3 unspecified atom stereocenters. The van der Waals surface area contributed by atoms with Gasteiger partial charge in [-0.25, -0.2) is 0 Å². The first-order valence-electron chi connectivity index (χ1n) is 12.0. The molecule has 0 spiro atoms. The van der Waals surface area contributed by atoms with E-state index in [4.69, 9.17) is 0 Å². The third kappa shape index (κ3) is 3.47. The number of aliphatic carboxylic acids is 1. The number of rotatable bonds is 6. The molecule has 2 aliphatic heterocycles. The van der Waals surface area contributed by atoms with E-state index in [0.717, 1.165) is 57.8 Å². The highest BCUT2D eigenvalue weighted by Crippen LogP contribution is 2.55. The Morgan fingerprint density at radius 3 is 2.59 bits per heavy atom. The van der Waals surface area contributed by atoms with Crippen LogP contribution in [0.2, 0.25) is 0 Å². The second-order valence-electron chi connectivity index (χ2n) is 10.3. The van der Waals surface area contributed by atoms with Gasteiger partial charge in [0.05, 0.1) is 12.2 Å². The van der Waals surface area contributed by atoms with E-state index in [-0.39, 0.29) is 23.8 Å². The Bertz CT molecular complexity index is 630. The molecule has 8 atom stereocenters. The zero-order valence-electron chi connectivity index (χ0n) is 18.0. The van der Waals surface area contributed by atoms with E-state index in [9.17, 15) is 20.1 Å².